The van der Waals surface area contributed by atoms with E-state index in [1.165, 1.54) is 18.1 Å². The second-order valence-corrected chi connectivity index (χ2v) is 9.84. The molecule has 0 saturated heterocycles. The standard InChI is InChI=1S/C30H37FN2O5/c31-25-9-8-23-18-22(4-7-24(23)19-25)3-1-2-21-5-10-26(11-6-21)32-30(36)33-27-12-13-28(37-16-14-34)29(20-27)38-17-15-35/h4,7-9,12-13,18-21,26,34-35H,1-3,5-6,10-11,14-17H2,(H2,32,33,36). The van der Waals surface area contributed by atoms with Crippen LogP contribution in [0.2, 0.25) is 0 Å². The Bertz CT molecular complexity index is 1200. The molecule has 0 radical (unpaired) electrons. The van der Waals surface area contributed by atoms with E-state index in [0.29, 0.717) is 23.1 Å². The number of fused-ring (bicyclic) bond motifs is 1. The summed E-state index contributed by atoms with van der Waals surface area (Å²) in [5.41, 5.74) is 1.84. The Labute approximate surface area is 223 Å². The maximum Gasteiger partial charge on any atom is 0.319 e. The summed E-state index contributed by atoms with van der Waals surface area (Å²) in [4.78, 5) is 12.6. The molecule has 4 N–H and O–H groups in total. The van der Waals surface area contributed by atoms with Gasteiger partial charge in [0, 0.05) is 17.8 Å². The molecule has 1 aliphatic rings. The zero-order valence-corrected chi connectivity index (χ0v) is 21.6. The molecule has 2 amide bonds. The Hall–Kier alpha value is -3.36. The van der Waals surface area contributed by atoms with E-state index >= 15 is 0 Å². The fourth-order valence-electron chi connectivity index (χ4n) is 5.09. The largest absolute Gasteiger partial charge is 0.487 e. The number of halogens is 1. The summed E-state index contributed by atoms with van der Waals surface area (Å²) in [6.45, 7) is -0.0567. The fraction of sp³-hybridized carbons (Fsp3) is 0.433. The van der Waals surface area contributed by atoms with Crippen LogP contribution in [0.4, 0.5) is 14.9 Å². The second kappa shape index (κ2) is 14.0. The molecule has 3 aromatic carbocycles. The molecule has 0 heterocycles. The quantitative estimate of drug-likeness (QED) is 0.253. The van der Waals surface area contributed by atoms with Crippen molar-refractivity contribution in [3.05, 3.63) is 66.0 Å². The summed E-state index contributed by atoms with van der Waals surface area (Å²) in [7, 11) is 0. The SMILES string of the molecule is O=C(Nc1ccc(OCCO)c(OCCO)c1)NC1CCC(CCCc2ccc3cc(F)ccc3c2)CC1. The number of carbonyl (C=O) groups excluding carboxylic acids is 1. The molecule has 0 spiro atoms. The van der Waals surface area contributed by atoms with Gasteiger partial charge in [0.2, 0.25) is 0 Å². The number of rotatable bonds is 12. The number of carbonyl (C=O) groups is 1. The lowest BCUT2D eigenvalue weighted by molar-refractivity contribution is 0.178. The zero-order valence-electron chi connectivity index (χ0n) is 21.6. The van der Waals surface area contributed by atoms with Crippen molar-refractivity contribution < 1.29 is 28.9 Å². The van der Waals surface area contributed by atoms with Gasteiger partial charge in [0.25, 0.3) is 0 Å². The number of aryl methyl sites for hydroxylation is 1. The van der Waals surface area contributed by atoms with Crippen LogP contribution in [0.3, 0.4) is 0 Å². The van der Waals surface area contributed by atoms with Crippen molar-refractivity contribution in [2.45, 2.75) is 51.0 Å². The molecule has 204 valence electrons. The Morgan fingerprint density at radius 2 is 1.58 bits per heavy atom. The molecule has 8 heteroatoms. The monoisotopic (exact) mass is 524 g/mol. The highest BCUT2D eigenvalue weighted by Gasteiger charge is 2.22. The summed E-state index contributed by atoms with van der Waals surface area (Å²) in [6, 6.07) is 16.1. The average molecular weight is 525 g/mol. The van der Waals surface area contributed by atoms with Crippen molar-refractivity contribution in [3.63, 3.8) is 0 Å². The molecular weight excluding hydrogens is 487 g/mol. The van der Waals surface area contributed by atoms with Crippen LogP contribution in [0, 0.1) is 11.7 Å². The number of nitrogens with one attached hydrogen (secondary N) is 2. The molecule has 0 bridgehead atoms. The minimum Gasteiger partial charge on any atom is -0.487 e. The number of anilines is 1. The van der Waals surface area contributed by atoms with Crippen LogP contribution in [-0.4, -0.2) is 48.7 Å². The van der Waals surface area contributed by atoms with Crippen molar-refractivity contribution in [2.24, 2.45) is 5.92 Å². The van der Waals surface area contributed by atoms with Crippen LogP contribution < -0.4 is 20.1 Å². The third-order valence-corrected chi connectivity index (χ3v) is 7.03. The van der Waals surface area contributed by atoms with Gasteiger partial charge in [0.15, 0.2) is 11.5 Å². The van der Waals surface area contributed by atoms with E-state index in [1.54, 1.807) is 24.3 Å². The molecule has 1 saturated carbocycles. The summed E-state index contributed by atoms with van der Waals surface area (Å²) in [5.74, 6) is 1.30. The normalized spacial score (nSPS) is 17.2. The Balaban J connectivity index is 1.18. The third-order valence-electron chi connectivity index (χ3n) is 7.03. The Morgan fingerprint density at radius 1 is 0.868 bits per heavy atom. The molecule has 0 aromatic heterocycles. The number of aliphatic hydroxyl groups is 2. The molecule has 1 aliphatic carbocycles. The lowest BCUT2D eigenvalue weighted by atomic mass is 9.83. The number of hydrogen-bond donors (Lipinski definition) is 4. The van der Waals surface area contributed by atoms with Gasteiger partial charge in [-0.05, 0) is 85.0 Å². The van der Waals surface area contributed by atoms with Crippen molar-refractivity contribution in [1.29, 1.82) is 0 Å². The van der Waals surface area contributed by atoms with E-state index in [1.807, 2.05) is 12.1 Å². The first-order valence-electron chi connectivity index (χ1n) is 13.4. The van der Waals surface area contributed by atoms with E-state index in [4.69, 9.17) is 19.7 Å². The molecule has 4 rings (SSSR count). The van der Waals surface area contributed by atoms with Gasteiger partial charge in [-0.3, -0.25) is 0 Å². The van der Waals surface area contributed by atoms with Crippen LogP contribution in [-0.2, 0) is 6.42 Å². The number of amides is 2. The smallest absolute Gasteiger partial charge is 0.319 e. The van der Waals surface area contributed by atoms with Crippen molar-refractivity contribution in [3.8, 4) is 11.5 Å². The molecule has 3 aromatic rings. The summed E-state index contributed by atoms with van der Waals surface area (Å²) >= 11 is 0. The molecule has 0 atom stereocenters. The molecule has 38 heavy (non-hydrogen) atoms. The van der Waals surface area contributed by atoms with Crippen molar-refractivity contribution in [2.75, 3.05) is 31.7 Å². The number of hydrogen-bond acceptors (Lipinski definition) is 5. The fourth-order valence-corrected chi connectivity index (χ4v) is 5.09. The van der Waals surface area contributed by atoms with E-state index < -0.39 is 0 Å². The van der Waals surface area contributed by atoms with Crippen LogP contribution in [0.15, 0.2) is 54.6 Å². The van der Waals surface area contributed by atoms with Crippen LogP contribution in [0.5, 0.6) is 11.5 Å². The van der Waals surface area contributed by atoms with Gasteiger partial charge < -0.3 is 30.3 Å². The second-order valence-electron chi connectivity index (χ2n) is 9.84. The van der Waals surface area contributed by atoms with Crippen LogP contribution in [0.25, 0.3) is 10.8 Å². The highest BCUT2D eigenvalue weighted by atomic mass is 19.1. The molecule has 7 nitrogen and oxygen atoms in total. The van der Waals surface area contributed by atoms with Crippen LogP contribution in [0.1, 0.15) is 44.1 Å². The van der Waals surface area contributed by atoms with E-state index in [9.17, 15) is 9.18 Å². The summed E-state index contributed by atoms with van der Waals surface area (Å²) in [5, 5.41) is 26.0. The predicted molar refractivity (Wildman–Crippen MR) is 146 cm³/mol. The highest BCUT2D eigenvalue weighted by Crippen LogP contribution is 2.31. The van der Waals surface area contributed by atoms with Crippen molar-refractivity contribution in [1.82, 2.24) is 5.32 Å². The van der Waals surface area contributed by atoms with Crippen LogP contribution >= 0.6 is 0 Å². The maximum atomic E-state index is 13.4. The topological polar surface area (TPSA) is 100 Å². The van der Waals surface area contributed by atoms with E-state index in [2.05, 4.69) is 22.8 Å². The van der Waals surface area contributed by atoms with E-state index in [0.717, 1.165) is 49.3 Å². The summed E-state index contributed by atoms with van der Waals surface area (Å²) < 4.78 is 24.4. The highest BCUT2D eigenvalue weighted by molar-refractivity contribution is 5.89. The first kappa shape index (κ1) is 27.7. The van der Waals surface area contributed by atoms with Gasteiger partial charge in [-0.2, -0.15) is 0 Å². The van der Waals surface area contributed by atoms with Gasteiger partial charge in [0.05, 0.1) is 13.2 Å². The van der Waals surface area contributed by atoms with Gasteiger partial charge >= 0.3 is 6.03 Å². The van der Waals surface area contributed by atoms with E-state index in [-0.39, 0.29) is 44.3 Å². The first-order valence-corrected chi connectivity index (χ1v) is 13.4. The number of urea groups is 1. The third kappa shape index (κ3) is 8.07. The summed E-state index contributed by atoms with van der Waals surface area (Å²) in [6.07, 6.45) is 7.41. The molecule has 0 unspecified atom stereocenters. The van der Waals surface area contributed by atoms with Gasteiger partial charge in [-0.15, -0.1) is 0 Å². The van der Waals surface area contributed by atoms with Gasteiger partial charge in [-0.1, -0.05) is 30.7 Å². The Kier molecular flexibility index (Phi) is 10.2. The predicted octanol–water partition coefficient (Wildman–Crippen LogP) is 5.42. The number of ether oxygens (including phenoxy) is 2. The average Bonchev–Trinajstić information content (AvgIpc) is 2.92. The minimum absolute atomic E-state index is 0.0951. The maximum absolute atomic E-state index is 13.4. The van der Waals surface area contributed by atoms with Crippen molar-refractivity contribution >= 4 is 22.5 Å². The Morgan fingerprint density at radius 3 is 2.34 bits per heavy atom. The van der Waals surface area contributed by atoms with Gasteiger partial charge in [0.1, 0.15) is 19.0 Å². The lowest BCUT2D eigenvalue weighted by Crippen LogP contribution is -2.40. The zero-order chi connectivity index (χ0) is 26.7. The minimum atomic E-state index is -0.262. The first-order chi connectivity index (χ1) is 18.5. The lowest BCUT2D eigenvalue weighted by Gasteiger charge is -2.29. The molecule has 1 fully saturated rings. The molecule has 0 aliphatic heterocycles. The molecular formula is C30H37FN2O5. The van der Waals surface area contributed by atoms with Gasteiger partial charge in [-0.25, -0.2) is 9.18 Å². The number of aliphatic hydroxyl groups excluding tert-OH is 2. The number of benzene rings is 3.